The van der Waals surface area contributed by atoms with E-state index in [1.807, 2.05) is 62.4 Å². The van der Waals surface area contributed by atoms with Crippen molar-refractivity contribution in [1.82, 2.24) is 5.43 Å². The van der Waals surface area contributed by atoms with E-state index in [2.05, 4.69) is 10.5 Å². The van der Waals surface area contributed by atoms with Crippen LogP contribution in [0.15, 0.2) is 96.1 Å². The topological polar surface area (TPSA) is 97.3 Å². The first kappa shape index (κ1) is 30.6. The molecule has 0 radical (unpaired) electrons. The monoisotopic (exact) mass is 605 g/mol. The SMILES string of the molecule is CCOc1cc(/C=N\NC(=O)c2ccc(N(Cc3ccccc3C)S(C)(=O)=O)cc2)ccc1OCc1ccc(Cl)cc1. The van der Waals surface area contributed by atoms with E-state index in [4.69, 9.17) is 21.1 Å². The highest BCUT2D eigenvalue weighted by Crippen LogP contribution is 2.29. The molecule has 1 N–H and O–H groups in total. The zero-order valence-electron chi connectivity index (χ0n) is 23.6. The van der Waals surface area contributed by atoms with Crippen LogP contribution in [0.4, 0.5) is 5.69 Å². The van der Waals surface area contributed by atoms with Crippen molar-refractivity contribution in [1.29, 1.82) is 0 Å². The van der Waals surface area contributed by atoms with Gasteiger partial charge in [0.2, 0.25) is 10.0 Å². The summed E-state index contributed by atoms with van der Waals surface area (Å²) in [6.07, 6.45) is 2.67. The minimum Gasteiger partial charge on any atom is -0.490 e. The second-order valence-electron chi connectivity index (χ2n) is 9.50. The van der Waals surface area contributed by atoms with Crippen LogP contribution in [0.5, 0.6) is 11.5 Å². The number of sulfonamides is 1. The molecule has 0 saturated heterocycles. The van der Waals surface area contributed by atoms with Gasteiger partial charge >= 0.3 is 0 Å². The van der Waals surface area contributed by atoms with Gasteiger partial charge in [0.15, 0.2) is 11.5 Å². The van der Waals surface area contributed by atoms with Crippen LogP contribution in [0, 0.1) is 6.92 Å². The zero-order chi connectivity index (χ0) is 30.1. The molecule has 0 saturated carbocycles. The maximum absolute atomic E-state index is 12.7. The fourth-order valence-electron chi connectivity index (χ4n) is 4.09. The fourth-order valence-corrected chi connectivity index (χ4v) is 5.09. The predicted octanol–water partition coefficient (Wildman–Crippen LogP) is 6.36. The highest BCUT2D eigenvalue weighted by molar-refractivity contribution is 7.92. The maximum atomic E-state index is 12.7. The molecule has 0 atom stereocenters. The number of amides is 1. The lowest BCUT2D eigenvalue weighted by molar-refractivity contribution is 0.0955. The van der Waals surface area contributed by atoms with Gasteiger partial charge in [0.05, 0.1) is 31.3 Å². The number of benzene rings is 4. The summed E-state index contributed by atoms with van der Waals surface area (Å²) < 4.78 is 38.1. The summed E-state index contributed by atoms with van der Waals surface area (Å²) in [6.45, 7) is 4.81. The molecule has 0 heterocycles. The van der Waals surface area contributed by atoms with Crippen LogP contribution in [0.1, 0.15) is 39.5 Å². The molecule has 0 bridgehead atoms. The van der Waals surface area contributed by atoms with Gasteiger partial charge in [0, 0.05) is 10.6 Å². The van der Waals surface area contributed by atoms with E-state index in [1.54, 1.807) is 42.5 Å². The van der Waals surface area contributed by atoms with Crippen LogP contribution in [-0.2, 0) is 23.2 Å². The van der Waals surface area contributed by atoms with E-state index >= 15 is 0 Å². The van der Waals surface area contributed by atoms with Crippen molar-refractivity contribution in [3.63, 3.8) is 0 Å². The molecule has 0 fully saturated rings. The average Bonchev–Trinajstić information content (AvgIpc) is 2.97. The third kappa shape index (κ3) is 8.34. The molecule has 0 spiro atoms. The van der Waals surface area contributed by atoms with E-state index in [0.717, 1.165) is 22.9 Å². The molecule has 4 rings (SSSR count). The van der Waals surface area contributed by atoms with E-state index in [0.29, 0.717) is 46.5 Å². The Morgan fingerprint density at radius 2 is 1.67 bits per heavy atom. The van der Waals surface area contributed by atoms with Crippen LogP contribution < -0.4 is 19.2 Å². The quantitative estimate of drug-likeness (QED) is 0.150. The second kappa shape index (κ2) is 14.0. The molecule has 0 aliphatic carbocycles. The van der Waals surface area contributed by atoms with E-state index in [9.17, 15) is 13.2 Å². The van der Waals surface area contributed by atoms with Crippen molar-refractivity contribution in [3.8, 4) is 11.5 Å². The highest BCUT2D eigenvalue weighted by Gasteiger charge is 2.19. The molecule has 0 aliphatic rings. The molecular formula is C32H32ClN3O5S. The van der Waals surface area contributed by atoms with Crippen LogP contribution in [-0.4, -0.2) is 33.4 Å². The van der Waals surface area contributed by atoms with Crippen molar-refractivity contribution in [2.75, 3.05) is 17.2 Å². The normalized spacial score (nSPS) is 11.3. The molecule has 0 aromatic heterocycles. The molecule has 0 unspecified atom stereocenters. The van der Waals surface area contributed by atoms with Crippen LogP contribution in [0.3, 0.4) is 0 Å². The molecule has 8 nitrogen and oxygen atoms in total. The summed E-state index contributed by atoms with van der Waals surface area (Å²) in [4.78, 5) is 12.7. The first-order chi connectivity index (χ1) is 20.1. The van der Waals surface area contributed by atoms with Crippen LogP contribution in [0.2, 0.25) is 5.02 Å². The largest absolute Gasteiger partial charge is 0.490 e. The standard InChI is InChI=1S/C32H32ClN3O5S/c1-4-40-31-19-25(11-18-30(31)41-22-24-9-14-28(33)15-10-24)20-34-35-32(37)26-12-16-29(17-13-26)36(42(3,38)39)21-27-8-6-5-7-23(27)2/h5-20H,4,21-22H2,1-3H3,(H,35,37)/b34-20-. The Kier molecular flexibility index (Phi) is 10.2. The Balaban J connectivity index is 1.40. The Morgan fingerprint density at radius 1 is 0.952 bits per heavy atom. The number of hydrazone groups is 1. The first-order valence-corrected chi connectivity index (χ1v) is 15.5. The van der Waals surface area contributed by atoms with Crippen molar-refractivity contribution < 1.29 is 22.7 Å². The Hall–Kier alpha value is -4.34. The third-order valence-corrected chi connectivity index (χ3v) is 7.74. The van der Waals surface area contributed by atoms with Gasteiger partial charge < -0.3 is 9.47 Å². The number of ether oxygens (including phenoxy) is 2. The van der Waals surface area contributed by atoms with Gasteiger partial charge in [0.1, 0.15) is 6.61 Å². The van der Waals surface area contributed by atoms with E-state index in [-0.39, 0.29) is 6.54 Å². The number of nitrogens with one attached hydrogen (secondary N) is 1. The number of hydrogen-bond donors (Lipinski definition) is 1. The Labute approximate surface area is 251 Å². The van der Waals surface area contributed by atoms with Crippen molar-refractivity contribution >= 4 is 39.4 Å². The molecule has 4 aromatic rings. The molecule has 10 heteroatoms. The number of carbonyl (C=O) groups is 1. The lowest BCUT2D eigenvalue weighted by Crippen LogP contribution is -2.29. The Bertz CT molecular complexity index is 1660. The van der Waals surface area contributed by atoms with Gasteiger partial charge in [-0.2, -0.15) is 5.10 Å². The second-order valence-corrected chi connectivity index (χ2v) is 11.8. The van der Waals surface area contributed by atoms with E-state index < -0.39 is 15.9 Å². The van der Waals surface area contributed by atoms with Crippen molar-refractivity contribution in [2.24, 2.45) is 5.10 Å². The fraction of sp³-hybridized carbons (Fsp3) is 0.188. The highest BCUT2D eigenvalue weighted by atomic mass is 35.5. The number of nitrogens with zero attached hydrogens (tertiary/aromatic N) is 2. The van der Waals surface area contributed by atoms with E-state index in [1.165, 1.54) is 10.5 Å². The van der Waals surface area contributed by atoms with Gasteiger partial charge in [-0.05, 0) is 90.7 Å². The number of anilines is 1. The smallest absolute Gasteiger partial charge is 0.271 e. The average molecular weight is 606 g/mol. The third-order valence-electron chi connectivity index (χ3n) is 6.35. The minimum atomic E-state index is -3.56. The Morgan fingerprint density at radius 3 is 2.33 bits per heavy atom. The predicted molar refractivity (Wildman–Crippen MR) is 167 cm³/mol. The maximum Gasteiger partial charge on any atom is 0.271 e. The zero-order valence-corrected chi connectivity index (χ0v) is 25.2. The van der Waals surface area contributed by atoms with Crippen LogP contribution in [0.25, 0.3) is 0 Å². The molecule has 218 valence electrons. The first-order valence-electron chi connectivity index (χ1n) is 13.2. The van der Waals surface area contributed by atoms with Gasteiger partial charge in [-0.15, -0.1) is 0 Å². The molecule has 1 amide bonds. The number of hydrogen-bond acceptors (Lipinski definition) is 6. The summed E-state index contributed by atoms with van der Waals surface area (Å²) in [5.74, 6) is 0.702. The number of carbonyl (C=O) groups excluding carboxylic acids is 1. The van der Waals surface area contributed by atoms with Crippen molar-refractivity contribution in [2.45, 2.75) is 27.0 Å². The summed E-state index contributed by atoms with van der Waals surface area (Å²) in [6, 6.07) is 26.7. The number of aryl methyl sites for hydroxylation is 1. The summed E-state index contributed by atoms with van der Waals surface area (Å²) >= 11 is 5.95. The molecule has 42 heavy (non-hydrogen) atoms. The number of halogens is 1. The van der Waals surface area contributed by atoms with Gasteiger partial charge in [-0.25, -0.2) is 13.8 Å². The summed E-state index contributed by atoms with van der Waals surface area (Å²) in [7, 11) is -3.56. The van der Waals surface area contributed by atoms with Gasteiger partial charge in [0.25, 0.3) is 5.91 Å². The lowest BCUT2D eigenvalue weighted by Gasteiger charge is -2.23. The summed E-state index contributed by atoms with van der Waals surface area (Å²) in [5.41, 5.74) is 6.86. The minimum absolute atomic E-state index is 0.191. The molecule has 4 aromatic carbocycles. The number of rotatable bonds is 12. The molecule has 0 aliphatic heterocycles. The lowest BCUT2D eigenvalue weighted by atomic mass is 10.1. The van der Waals surface area contributed by atoms with Crippen LogP contribution >= 0.6 is 11.6 Å². The van der Waals surface area contributed by atoms with Gasteiger partial charge in [-0.1, -0.05) is 48.0 Å². The van der Waals surface area contributed by atoms with Crippen molar-refractivity contribution in [3.05, 3.63) is 124 Å². The molecular weight excluding hydrogens is 574 g/mol. The summed E-state index contributed by atoms with van der Waals surface area (Å²) in [5, 5.41) is 4.73. The van der Waals surface area contributed by atoms with Gasteiger partial charge in [-0.3, -0.25) is 9.10 Å².